The summed E-state index contributed by atoms with van der Waals surface area (Å²) < 4.78 is 1.19. The highest BCUT2D eigenvalue weighted by Crippen LogP contribution is 2.31. The molecular weight excluding hydrogens is 370 g/mol. The first-order chi connectivity index (χ1) is 13.5. The normalized spacial score (nSPS) is 17.4. The molecule has 0 aliphatic carbocycles. The van der Waals surface area contributed by atoms with Gasteiger partial charge in [-0.15, -0.1) is 0 Å². The number of aromatic nitrogens is 1. The molecule has 2 aromatic carbocycles. The van der Waals surface area contributed by atoms with Crippen LogP contribution in [0.4, 0.5) is 5.13 Å². The molecule has 0 unspecified atom stereocenters. The Morgan fingerprint density at radius 1 is 1.18 bits per heavy atom. The molecule has 0 radical (unpaired) electrons. The van der Waals surface area contributed by atoms with Gasteiger partial charge in [0, 0.05) is 19.0 Å². The van der Waals surface area contributed by atoms with Crippen molar-refractivity contribution in [3.63, 3.8) is 0 Å². The maximum absolute atomic E-state index is 12.6. The maximum Gasteiger partial charge on any atom is 0.223 e. The summed E-state index contributed by atoms with van der Waals surface area (Å²) >= 11 is 1.71. The molecule has 1 aliphatic rings. The lowest BCUT2D eigenvalue weighted by Crippen LogP contribution is -2.44. The predicted molar refractivity (Wildman–Crippen MR) is 114 cm³/mol. The molecule has 6 heteroatoms. The monoisotopic (exact) mass is 395 g/mol. The Kier molecular flexibility index (Phi) is 5.33. The SMILES string of the molecule is C[C@](O)(CNC(=O)C1CCN(c2nc3ccccc3s2)CC1)c1ccccc1. The Balaban J connectivity index is 1.31. The van der Waals surface area contributed by atoms with Gasteiger partial charge in [-0.1, -0.05) is 53.8 Å². The molecule has 0 saturated carbocycles. The van der Waals surface area contributed by atoms with Crippen LogP contribution >= 0.6 is 11.3 Å². The number of piperidine rings is 1. The van der Waals surface area contributed by atoms with E-state index in [-0.39, 0.29) is 18.4 Å². The second-order valence-corrected chi connectivity index (χ2v) is 8.59. The summed E-state index contributed by atoms with van der Waals surface area (Å²) in [6.45, 7) is 3.60. The molecular formula is C22H25N3O2S. The van der Waals surface area contributed by atoms with E-state index in [1.165, 1.54) is 4.70 Å². The van der Waals surface area contributed by atoms with Gasteiger partial charge in [0.2, 0.25) is 5.91 Å². The summed E-state index contributed by atoms with van der Waals surface area (Å²) in [5, 5.41) is 14.6. The van der Waals surface area contributed by atoms with Crippen LogP contribution in [0, 0.1) is 5.92 Å². The van der Waals surface area contributed by atoms with Crippen molar-refractivity contribution in [2.24, 2.45) is 5.92 Å². The molecule has 4 rings (SSSR count). The maximum atomic E-state index is 12.6. The Bertz CT molecular complexity index is 914. The van der Waals surface area contributed by atoms with Crippen molar-refractivity contribution in [1.82, 2.24) is 10.3 Å². The lowest BCUT2D eigenvalue weighted by Gasteiger charge is -2.32. The molecule has 1 saturated heterocycles. The second kappa shape index (κ2) is 7.89. The van der Waals surface area contributed by atoms with Gasteiger partial charge in [-0.2, -0.15) is 0 Å². The minimum Gasteiger partial charge on any atom is -0.384 e. The summed E-state index contributed by atoms with van der Waals surface area (Å²) in [5.41, 5.74) is 0.769. The minimum atomic E-state index is -1.07. The van der Waals surface area contributed by atoms with Crippen LogP contribution in [0.2, 0.25) is 0 Å². The Morgan fingerprint density at radius 3 is 2.57 bits per heavy atom. The molecule has 0 bridgehead atoms. The van der Waals surface area contributed by atoms with Gasteiger partial charge in [-0.3, -0.25) is 4.79 Å². The zero-order valence-electron chi connectivity index (χ0n) is 16.0. The van der Waals surface area contributed by atoms with Crippen LogP contribution in [-0.2, 0) is 10.4 Å². The van der Waals surface area contributed by atoms with E-state index >= 15 is 0 Å². The van der Waals surface area contributed by atoms with Crippen LogP contribution in [0.5, 0.6) is 0 Å². The van der Waals surface area contributed by atoms with Gasteiger partial charge in [0.15, 0.2) is 5.13 Å². The number of para-hydroxylation sites is 1. The molecule has 1 amide bonds. The van der Waals surface area contributed by atoms with Crippen LogP contribution in [0.15, 0.2) is 54.6 Å². The molecule has 1 aromatic heterocycles. The van der Waals surface area contributed by atoms with Crippen molar-refractivity contribution in [3.8, 4) is 0 Å². The van der Waals surface area contributed by atoms with E-state index in [2.05, 4.69) is 16.3 Å². The van der Waals surface area contributed by atoms with Gasteiger partial charge in [0.05, 0.1) is 16.8 Å². The van der Waals surface area contributed by atoms with E-state index < -0.39 is 5.60 Å². The first kappa shape index (κ1) is 18.9. The van der Waals surface area contributed by atoms with Crippen molar-refractivity contribution in [2.75, 3.05) is 24.5 Å². The quantitative estimate of drug-likeness (QED) is 0.694. The molecule has 0 spiro atoms. The number of fused-ring (bicyclic) bond motifs is 1. The number of nitrogens with zero attached hydrogens (tertiary/aromatic N) is 2. The highest BCUT2D eigenvalue weighted by atomic mass is 32.1. The number of carbonyl (C=O) groups is 1. The average molecular weight is 396 g/mol. The molecule has 146 valence electrons. The average Bonchev–Trinajstić information content (AvgIpc) is 3.17. The lowest BCUT2D eigenvalue weighted by molar-refractivity contribution is -0.126. The van der Waals surface area contributed by atoms with Crippen molar-refractivity contribution in [1.29, 1.82) is 0 Å². The number of benzene rings is 2. The highest BCUT2D eigenvalue weighted by Gasteiger charge is 2.29. The Hall–Kier alpha value is -2.44. The van der Waals surface area contributed by atoms with Crippen LogP contribution < -0.4 is 10.2 Å². The van der Waals surface area contributed by atoms with Gasteiger partial charge in [0.1, 0.15) is 5.60 Å². The summed E-state index contributed by atoms with van der Waals surface area (Å²) in [7, 11) is 0. The fourth-order valence-electron chi connectivity index (χ4n) is 3.63. The molecule has 3 aromatic rings. The van der Waals surface area contributed by atoms with Gasteiger partial charge >= 0.3 is 0 Å². The molecule has 2 heterocycles. The minimum absolute atomic E-state index is 0.0165. The van der Waals surface area contributed by atoms with Crippen LogP contribution in [0.3, 0.4) is 0 Å². The van der Waals surface area contributed by atoms with E-state index in [1.54, 1.807) is 18.3 Å². The smallest absolute Gasteiger partial charge is 0.223 e. The number of hydrogen-bond acceptors (Lipinski definition) is 5. The van der Waals surface area contributed by atoms with E-state index in [4.69, 9.17) is 4.98 Å². The fraction of sp³-hybridized carbons (Fsp3) is 0.364. The van der Waals surface area contributed by atoms with Crippen LogP contribution in [0.25, 0.3) is 10.2 Å². The number of rotatable bonds is 5. The predicted octanol–water partition coefficient (Wildman–Crippen LogP) is 3.54. The summed E-state index contributed by atoms with van der Waals surface area (Å²) in [6.07, 6.45) is 1.60. The zero-order valence-corrected chi connectivity index (χ0v) is 16.8. The second-order valence-electron chi connectivity index (χ2n) is 7.58. The largest absolute Gasteiger partial charge is 0.384 e. The summed E-state index contributed by atoms with van der Waals surface area (Å²) in [4.78, 5) is 19.6. The van der Waals surface area contributed by atoms with Gasteiger partial charge < -0.3 is 15.3 Å². The van der Waals surface area contributed by atoms with E-state index in [0.29, 0.717) is 0 Å². The number of amides is 1. The third-order valence-electron chi connectivity index (χ3n) is 5.42. The third-order valence-corrected chi connectivity index (χ3v) is 6.52. The fourth-order valence-corrected chi connectivity index (χ4v) is 4.65. The first-order valence-electron chi connectivity index (χ1n) is 9.69. The molecule has 28 heavy (non-hydrogen) atoms. The summed E-state index contributed by atoms with van der Waals surface area (Å²) in [5.74, 6) is 0.0114. The van der Waals surface area contributed by atoms with Crippen LogP contribution in [0.1, 0.15) is 25.3 Å². The zero-order chi connectivity index (χ0) is 19.6. The third kappa shape index (κ3) is 4.03. The van der Waals surface area contributed by atoms with Crippen molar-refractivity contribution in [2.45, 2.75) is 25.4 Å². The molecule has 2 N–H and O–H groups in total. The van der Waals surface area contributed by atoms with Crippen molar-refractivity contribution in [3.05, 3.63) is 60.2 Å². The van der Waals surface area contributed by atoms with E-state index in [9.17, 15) is 9.90 Å². The Morgan fingerprint density at radius 2 is 1.86 bits per heavy atom. The van der Waals surface area contributed by atoms with Crippen molar-refractivity contribution < 1.29 is 9.90 Å². The lowest BCUT2D eigenvalue weighted by atomic mass is 9.94. The number of hydrogen-bond donors (Lipinski definition) is 2. The van der Waals surface area contributed by atoms with E-state index in [1.807, 2.05) is 48.5 Å². The number of thiazole rings is 1. The number of carbonyl (C=O) groups excluding carboxylic acids is 1. The molecule has 1 fully saturated rings. The standard InChI is InChI=1S/C22H25N3O2S/c1-22(27,17-7-3-2-4-8-17)15-23-20(26)16-11-13-25(14-12-16)21-24-18-9-5-6-10-19(18)28-21/h2-10,16,27H,11-15H2,1H3,(H,23,26)/t22-/m0/s1. The molecule has 1 atom stereocenters. The van der Waals surface area contributed by atoms with Gasteiger partial charge in [-0.05, 0) is 37.5 Å². The number of nitrogens with one attached hydrogen (secondary N) is 1. The van der Waals surface area contributed by atoms with Gasteiger partial charge in [0.25, 0.3) is 0 Å². The topological polar surface area (TPSA) is 65.5 Å². The van der Waals surface area contributed by atoms with Crippen LogP contribution in [-0.4, -0.2) is 35.6 Å². The van der Waals surface area contributed by atoms with E-state index in [0.717, 1.165) is 42.1 Å². The molecule has 1 aliphatic heterocycles. The molecule has 5 nitrogen and oxygen atoms in total. The number of anilines is 1. The van der Waals surface area contributed by atoms with Gasteiger partial charge in [-0.25, -0.2) is 4.98 Å². The highest BCUT2D eigenvalue weighted by molar-refractivity contribution is 7.22. The number of aliphatic hydroxyl groups is 1. The Labute approximate surface area is 169 Å². The van der Waals surface area contributed by atoms with Crippen molar-refractivity contribution >= 4 is 32.6 Å². The summed E-state index contributed by atoms with van der Waals surface area (Å²) in [6, 6.07) is 17.6. The first-order valence-corrected chi connectivity index (χ1v) is 10.5.